The third-order valence-electron chi connectivity index (χ3n) is 5.07. The van der Waals surface area contributed by atoms with Gasteiger partial charge in [0.05, 0.1) is 22.8 Å². The van der Waals surface area contributed by atoms with Crippen LogP contribution in [0.15, 0.2) is 42.5 Å². The Hall–Kier alpha value is -3.60. The average molecular weight is 408 g/mol. The molecule has 8 nitrogen and oxygen atoms in total. The molecule has 2 aromatic rings. The molecule has 0 aromatic heterocycles. The van der Waals surface area contributed by atoms with Gasteiger partial charge in [0.1, 0.15) is 11.8 Å². The molecular weight excluding hydrogens is 384 g/mol. The predicted molar refractivity (Wildman–Crippen MR) is 113 cm³/mol. The molecule has 1 saturated heterocycles. The minimum Gasteiger partial charge on any atom is -0.494 e. The number of hydrogen-bond donors (Lipinski definition) is 0. The number of ether oxygens (including phenoxy) is 1. The van der Waals surface area contributed by atoms with Crippen molar-refractivity contribution in [1.82, 2.24) is 4.90 Å². The van der Waals surface area contributed by atoms with E-state index >= 15 is 0 Å². The van der Waals surface area contributed by atoms with Crippen molar-refractivity contribution in [2.45, 2.75) is 19.8 Å². The number of piperazine rings is 1. The Morgan fingerprint density at radius 1 is 1.20 bits per heavy atom. The fraction of sp³-hybridized carbons (Fsp3) is 0.364. The van der Waals surface area contributed by atoms with Gasteiger partial charge in [0, 0.05) is 43.9 Å². The summed E-state index contributed by atoms with van der Waals surface area (Å²) in [5.74, 6) is 0.636. The third kappa shape index (κ3) is 4.87. The smallest absolute Gasteiger partial charge is 0.270 e. The molecule has 1 aliphatic heterocycles. The van der Waals surface area contributed by atoms with E-state index in [1.165, 1.54) is 12.1 Å². The first-order valence-electron chi connectivity index (χ1n) is 9.99. The van der Waals surface area contributed by atoms with Crippen molar-refractivity contribution in [3.05, 3.63) is 63.7 Å². The van der Waals surface area contributed by atoms with Crippen molar-refractivity contribution in [3.8, 4) is 11.8 Å². The van der Waals surface area contributed by atoms with E-state index in [1.807, 2.05) is 23.1 Å². The number of nitrogens with zero attached hydrogens (tertiary/aromatic N) is 4. The van der Waals surface area contributed by atoms with E-state index in [9.17, 15) is 20.2 Å². The van der Waals surface area contributed by atoms with Gasteiger partial charge in [-0.2, -0.15) is 5.26 Å². The maximum absolute atomic E-state index is 12.9. The monoisotopic (exact) mass is 408 g/mol. The number of nitro benzene ring substituents is 1. The van der Waals surface area contributed by atoms with E-state index in [-0.39, 0.29) is 17.2 Å². The molecule has 0 aliphatic carbocycles. The van der Waals surface area contributed by atoms with Gasteiger partial charge in [-0.15, -0.1) is 0 Å². The summed E-state index contributed by atoms with van der Waals surface area (Å²) in [6.07, 6.45) is 2.01. The molecule has 2 aromatic carbocycles. The summed E-state index contributed by atoms with van der Waals surface area (Å²) in [7, 11) is 0. The lowest BCUT2D eigenvalue weighted by Gasteiger charge is -2.36. The van der Waals surface area contributed by atoms with Crippen LogP contribution in [0.1, 0.15) is 35.7 Å². The number of non-ortho nitro benzene ring substituents is 1. The summed E-state index contributed by atoms with van der Waals surface area (Å²) in [5, 5.41) is 20.3. The fourth-order valence-corrected chi connectivity index (χ4v) is 3.39. The second kappa shape index (κ2) is 9.74. The SMILES string of the molecule is CCCCOc1cccc(C(=O)N2CCN(c3ccc([N+](=O)[O-])cc3C#N)CC2)c1. The second-order valence-corrected chi connectivity index (χ2v) is 7.08. The van der Waals surface area contributed by atoms with Gasteiger partial charge in [0.2, 0.25) is 0 Å². The van der Waals surface area contributed by atoms with Crippen molar-refractivity contribution in [3.63, 3.8) is 0 Å². The van der Waals surface area contributed by atoms with E-state index < -0.39 is 4.92 Å². The number of benzene rings is 2. The molecular formula is C22H24N4O4. The zero-order chi connectivity index (χ0) is 21.5. The van der Waals surface area contributed by atoms with Crippen molar-refractivity contribution >= 4 is 17.3 Å². The minimum atomic E-state index is -0.513. The molecule has 3 rings (SSSR count). The van der Waals surface area contributed by atoms with Crippen LogP contribution in [0.3, 0.4) is 0 Å². The number of hydrogen-bond acceptors (Lipinski definition) is 6. The standard InChI is InChI=1S/C22H24N4O4/c1-2-3-13-30-20-6-4-5-17(15-20)22(27)25-11-9-24(10-12-25)21-8-7-19(26(28)29)14-18(21)16-23/h4-8,14-15H,2-3,9-13H2,1H3. The number of nitriles is 1. The number of carbonyl (C=O) groups excluding carboxylic acids is 1. The molecule has 0 atom stereocenters. The highest BCUT2D eigenvalue weighted by Crippen LogP contribution is 2.26. The molecule has 1 fully saturated rings. The highest BCUT2D eigenvalue weighted by Gasteiger charge is 2.24. The molecule has 156 valence electrons. The Balaban J connectivity index is 1.64. The van der Waals surface area contributed by atoms with Crippen molar-refractivity contribution in [1.29, 1.82) is 5.26 Å². The fourth-order valence-electron chi connectivity index (χ4n) is 3.39. The largest absolute Gasteiger partial charge is 0.494 e. The van der Waals surface area contributed by atoms with Gasteiger partial charge < -0.3 is 14.5 Å². The summed E-state index contributed by atoms with van der Waals surface area (Å²) in [4.78, 5) is 27.1. The number of nitro groups is 1. The Bertz CT molecular complexity index is 962. The average Bonchev–Trinajstić information content (AvgIpc) is 2.78. The molecule has 0 N–H and O–H groups in total. The van der Waals surface area contributed by atoms with Crippen LogP contribution in [0.25, 0.3) is 0 Å². The lowest BCUT2D eigenvalue weighted by molar-refractivity contribution is -0.384. The lowest BCUT2D eigenvalue weighted by atomic mass is 10.1. The first-order chi connectivity index (χ1) is 14.5. The topological polar surface area (TPSA) is 99.7 Å². The lowest BCUT2D eigenvalue weighted by Crippen LogP contribution is -2.49. The van der Waals surface area contributed by atoms with E-state index in [1.54, 1.807) is 23.1 Å². The molecule has 1 aliphatic rings. The normalized spacial score (nSPS) is 13.6. The Kier molecular flexibility index (Phi) is 6.86. The summed E-state index contributed by atoms with van der Waals surface area (Å²) >= 11 is 0. The number of rotatable bonds is 7. The van der Waals surface area contributed by atoms with Gasteiger partial charge in [-0.25, -0.2) is 0 Å². The number of carbonyl (C=O) groups is 1. The first-order valence-corrected chi connectivity index (χ1v) is 9.99. The van der Waals surface area contributed by atoms with Gasteiger partial charge in [0.25, 0.3) is 11.6 Å². The molecule has 0 saturated carbocycles. The molecule has 0 bridgehead atoms. The van der Waals surface area contributed by atoms with E-state index in [0.717, 1.165) is 12.8 Å². The molecule has 30 heavy (non-hydrogen) atoms. The van der Waals surface area contributed by atoms with Gasteiger partial charge in [-0.1, -0.05) is 19.4 Å². The van der Waals surface area contributed by atoms with Crippen LogP contribution in [0.2, 0.25) is 0 Å². The molecule has 1 amide bonds. The maximum atomic E-state index is 12.9. The third-order valence-corrected chi connectivity index (χ3v) is 5.07. The zero-order valence-electron chi connectivity index (χ0n) is 16.9. The zero-order valence-corrected chi connectivity index (χ0v) is 16.9. The Morgan fingerprint density at radius 3 is 2.63 bits per heavy atom. The van der Waals surface area contributed by atoms with Gasteiger partial charge in [-0.05, 0) is 30.7 Å². The van der Waals surface area contributed by atoms with Crippen LogP contribution >= 0.6 is 0 Å². The van der Waals surface area contributed by atoms with Crippen LogP contribution in [0.4, 0.5) is 11.4 Å². The second-order valence-electron chi connectivity index (χ2n) is 7.08. The summed E-state index contributed by atoms with van der Waals surface area (Å²) in [6, 6.07) is 13.6. The van der Waals surface area contributed by atoms with Crippen molar-refractivity contribution < 1.29 is 14.5 Å². The number of unbranched alkanes of at least 4 members (excludes halogenated alkanes) is 1. The Labute approximate surface area is 175 Å². The van der Waals surface area contributed by atoms with Crippen LogP contribution in [0, 0.1) is 21.4 Å². The highest BCUT2D eigenvalue weighted by molar-refractivity contribution is 5.94. The predicted octanol–water partition coefficient (Wildman–Crippen LogP) is 3.61. The summed E-state index contributed by atoms with van der Waals surface area (Å²) in [5.41, 5.74) is 1.40. The number of amides is 1. The quantitative estimate of drug-likeness (QED) is 0.394. The van der Waals surface area contributed by atoms with Crippen LogP contribution < -0.4 is 9.64 Å². The first kappa shape index (κ1) is 21.1. The molecule has 0 radical (unpaired) electrons. The van der Waals surface area contributed by atoms with E-state index in [4.69, 9.17) is 4.74 Å². The molecule has 0 spiro atoms. The molecule has 1 heterocycles. The number of anilines is 1. The Morgan fingerprint density at radius 2 is 1.97 bits per heavy atom. The van der Waals surface area contributed by atoms with E-state index in [0.29, 0.717) is 49.8 Å². The van der Waals surface area contributed by atoms with Crippen molar-refractivity contribution in [2.24, 2.45) is 0 Å². The summed E-state index contributed by atoms with van der Waals surface area (Å²) in [6.45, 7) is 4.82. The van der Waals surface area contributed by atoms with Gasteiger partial charge in [-0.3, -0.25) is 14.9 Å². The minimum absolute atomic E-state index is 0.0557. The van der Waals surface area contributed by atoms with Gasteiger partial charge >= 0.3 is 0 Å². The van der Waals surface area contributed by atoms with Crippen LogP contribution in [0.5, 0.6) is 5.75 Å². The maximum Gasteiger partial charge on any atom is 0.270 e. The van der Waals surface area contributed by atoms with Crippen LogP contribution in [-0.4, -0.2) is 48.5 Å². The highest BCUT2D eigenvalue weighted by atomic mass is 16.6. The van der Waals surface area contributed by atoms with Gasteiger partial charge in [0.15, 0.2) is 0 Å². The molecule has 0 unspecified atom stereocenters. The summed E-state index contributed by atoms with van der Waals surface area (Å²) < 4.78 is 5.69. The van der Waals surface area contributed by atoms with Crippen molar-refractivity contribution in [2.75, 3.05) is 37.7 Å². The molecule has 8 heteroatoms. The van der Waals surface area contributed by atoms with E-state index in [2.05, 4.69) is 6.92 Å². The van der Waals surface area contributed by atoms with Crippen LogP contribution in [-0.2, 0) is 0 Å².